The third-order valence-electron chi connectivity index (χ3n) is 4.16. The van der Waals surface area contributed by atoms with Crippen LogP contribution in [0, 0.1) is 11.6 Å². The Balaban J connectivity index is 1.52. The van der Waals surface area contributed by atoms with Gasteiger partial charge in [0, 0.05) is 30.5 Å². The van der Waals surface area contributed by atoms with Crippen LogP contribution in [0.3, 0.4) is 0 Å². The Morgan fingerprint density at radius 2 is 1.84 bits per heavy atom. The highest BCUT2D eigenvalue weighted by Crippen LogP contribution is 2.23. The number of halogens is 2. The number of nitrogens with zero attached hydrogens (tertiary/aromatic N) is 1. The zero-order valence-electron chi connectivity index (χ0n) is 13.8. The predicted molar refractivity (Wildman–Crippen MR) is 102 cm³/mol. The zero-order valence-corrected chi connectivity index (χ0v) is 14.7. The third-order valence-corrected chi connectivity index (χ3v) is 4.89. The van der Waals surface area contributed by atoms with Crippen LogP contribution < -0.4 is 16.0 Å². The molecule has 6 heteroatoms. The molecule has 132 valence electrons. The summed E-state index contributed by atoms with van der Waals surface area (Å²) in [6.45, 7) is 2.23. The van der Waals surface area contributed by atoms with E-state index in [1.807, 2.05) is 17.5 Å². The quantitative estimate of drug-likeness (QED) is 0.582. The minimum absolute atomic E-state index is 0.274. The van der Waals surface area contributed by atoms with Gasteiger partial charge in [-0.3, -0.25) is 0 Å². The van der Waals surface area contributed by atoms with E-state index >= 15 is 0 Å². The summed E-state index contributed by atoms with van der Waals surface area (Å²) in [4.78, 5) is 2.37. The van der Waals surface area contributed by atoms with Gasteiger partial charge in [0.2, 0.25) is 0 Å². The lowest BCUT2D eigenvalue weighted by atomic mass is 10.1. The smallest absolute Gasteiger partial charge is 0.149 e. The predicted octanol–water partition coefficient (Wildman–Crippen LogP) is 4.62. The van der Waals surface area contributed by atoms with E-state index in [-0.39, 0.29) is 5.69 Å². The first kappa shape index (κ1) is 17.6. The molecule has 3 nitrogen and oxygen atoms in total. The highest BCUT2D eigenvalue weighted by atomic mass is 32.2. The van der Waals surface area contributed by atoms with E-state index in [2.05, 4.69) is 22.3 Å². The topological polar surface area (TPSA) is 41.3 Å². The fourth-order valence-electron chi connectivity index (χ4n) is 2.79. The van der Waals surface area contributed by atoms with Gasteiger partial charge in [0.05, 0.1) is 11.6 Å². The van der Waals surface area contributed by atoms with E-state index < -0.39 is 11.6 Å². The van der Waals surface area contributed by atoms with Gasteiger partial charge in [0.25, 0.3) is 0 Å². The lowest BCUT2D eigenvalue weighted by Crippen LogP contribution is -2.17. The molecule has 2 aromatic rings. The molecular weight excluding hydrogens is 340 g/mol. The van der Waals surface area contributed by atoms with Crippen molar-refractivity contribution in [1.29, 1.82) is 0 Å². The molecule has 0 aliphatic carbocycles. The van der Waals surface area contributed by atoms with Crippen molar-refractivity contribution >= 4 is 28.8 Å². The lowest BCUT2D eigenvalue weighted by molar-refractivity contribution is 0.585. The second-order valence-electron chi connectivity index (χ2n) is 5.93. The Bertz CT molecular complexity index is 741. The standard InChI is InChI=1S/C19H21F2N3S/c20-15-5-8-19(17(21)11-15)23-13-25-12-18(22)14-3-6-16(7-4-14)24-9-1-2-10-24/h3-8,11-12,23H,1-2,9-10,13,22H2/b18-12-. The Labute approximate surface area is 150 Å². The largest absolute Gasteiger partial charge is 0.398 e. The first-order chi connectivity index (χ1) is 12.1. The van der Waals surface area contributed by atoms with Gasteiger partial charge < -0.3 is 16.0 Å². The Kier molecular flexibility index (Phi) is 5.81. The molecule has 0 saturated carbocycles. The molecule has 1 fully saturated rings. The van der Waals surface area contributed by atoms with Crippen molar-refractivity contribution in [2.75, 3.05) is 29.2 Å². The van der Waals surface area contributed by atoms with Crippen LogP contribution in [0.15, 0.2) is 47.9 Å². The maximum Gasteiger partial charge on any atom is 0.149 e. The average molecular weight is 361 g/mol. The minimum Gasteiger partial charge on any atom is -0.398 e. The fourth-order valence-corrected chi connectivity index (χ4v) is 3.43. The van der Waals surface area contributed by atoms with Crippen molar-refractivity contribution in [3.63, 3.8) is 0 Å². The molecule has 2 aromatic carbocycles. The number of nitrogens with two attached hydrogens (primary N) is 1. The second-order valence-corrected chi connectivity index (χ2v) is 6.78. The minimum atomic E-state index is -0.602. The summed E-state index contributed by atoms with van der Waals surface area (Å²) in [6.07, 6.45) is 2.50. The average Bonchev–Trinajstić information content (AvgIpc) is 3.15. The van der Waals surface area contributed by atoms with E-state index in [1.165, 1.54) is 42.4 Å². The lowest BCUT2D eigenvalue weighted by Gasteiger charge is -2.17. The van der Waals surface area contributed by atoms with Crippen molar-refractivity contribution in [3.8, 4) is 0 Å². The molecule has 0 aromatic heterocycles. The summed E-state index contributed by atoms with van der Waals surface area (Å²) in [7, 11) is 0. The Morgan fingerprint density at radius 3 is 2.52 bits per heavy atom. The SMILES string of the molecule is N/C(=C\SCNc1ccc(F)cc1F)c1ccc(N2CCCC2)cc1. The third kappa shape index (κ3) is 4.66. The molecular formula is C19H21F2N3S. The molecule has 0 spiro atoms. The van der Waals surface area contributed by atoms with Gasteiger partial charge in [-0.1, -0.05) is 12.1 Å². The van der Waals surface area contributed by atoms with Gasteiger partial charge in [-0.2, -0.15) is 0 Å². The Hall–Kier alpha value is -2.21. The molecule has 1 saturated heterocycles. The van der Waals surface area contributed by atoms with Gasteiger partial charge in [0.15, 0.2) is 0 Å². The van der Waals surface area contributed by atoms with Gasteiger partial charge in [-0.25, -0.2) is 8.78 Å². The molecule has 0 unspecified atom stereocenters. The van der Waals surface area contributed by atoms with Crippen LogP contribution in [0.4, 0.5) is 20.2 Å². The Morgan fingerprint density at radius 1 is 1.12 bits per heavy atom. The normalized spacial score (nSPS) is 14.8. The highest BCUT2D eigenvalue weighted by molar-refractivity contribution is 8.02. The van der Waals surface area contributed by atoms with Crippen LogP contribution in [0.1, 0.15) is 18.4 Å². The fraction of sp³-hybridized carbons (Fsp3) is 0.263. The van der Waals surface area contributed by atoms with Crippen molar-refractivity contribution in [3.05, 3.63) is 65.1 Å². The van der Waals surface area contributed by atoms with Crippen LogP contribution in [-0.2, 0) is 0 Å². The first-order valence-electron chi connectivity index (χ1n) is 8.25. The summed E-state index contributed by atoms with van der Waals surface area (Å²) < 4.78 is 26.4. The number of nitrogens with one attached hydrogen (secondary N) is 1. The van der Waals surface area contributed by atoms with Crippen LogP contribution in [0.5, 0.6) is 0 Å². The number of benzene rings is 2. The molecule has 0 radical (unpaired) electrons. The van der Waals surface area contributed by atoms with Gasteiger partial charge in [-0.15, -0.1) is 11.8 Å². The van der Waals surface area contributed by atoms with Gasteiger partial charge in [0.1, 0.15) is 11.6 Å². The van der Waals surface area contributed by atoms with Gasteiger partial charge >= 0.3 is 0 Å². The monoisotopic (exact) mass is 361 g/mol. The summed E-state index contributed by atoms with van der Waals surface area (Å²) in [5, 5.41) is 4.74. The molecule has 0 bridgehead atoms. The number of hydrogen-bond acceptors (Lipinski definition) is 4. The maximum absolute atomic E-state index is 13.5. The summed E-state index contributed by atoms with van der Waals surface area (Å²) in [6, 6.07) is 11.7. The highest BCUT2D eigenvalue weighted by Gasteiger charge is 2.11. The summed E-state index contributed by atoms with van der Waals surface area (Å²) in [5.74, 6) is -0.748. The maximum atomic E-state index is 13.5. The molecule has 0 amide bonds. The van der Waals surface area contributed by atoms with E-state index in [1.54, 1.807) is 0 Å². The van der Waals surface area contributed by atoms with Crippen LogP contribution >= 0.6 is 11.8 Å². The van der Waals surface area contributed by atoms with E-state index in [0.29, 0.717) is 11.6 Å². The van der Waals surface area contributed by atoms with E-state index in [9.17, 15) is 8.78 Å². The van der Waals surface area contributed by atoms with Crippen molar-refractivity contribution in [2.45, 2.75) is 12.8 Å². The number of rotatable bonds is 6. The van der Waals surface area contributed by atoms with Crippen LogP contribution in [0.2, 0.25) is 0 Å². The van der Waals surface area contributed by atoms with Crippen LogP contribution in [0.25, 0.3) is 5.70 Å². The van der Waals surface area contributed by atoms with Crippen molar-refractivity contribution < 1.29 is 8.78 Å². The zero-order chi connectivity index (χ0) is 17.6. The van der Waals surface area contributed by atoms with Gasteiger partial charge in [-0.05, 0) is 48.1 Å². The summed E-state index contributed by atoms with van der Waals surface area (Å²) >= 11 is 1.42. The molecule has 0 atom stereocenters. The number of hydrogen-bond donors (Lipinski definition) is 2. The molecule has 1 heterocycles. The van der Waals surface area contributed by atoms with E-state index in [0.717, 1.165) is 24.7 Å². The molecule has 25 heavy (non-hydrogen) atoms. The molecule has 3 rings (SSSR count). The molecule has 1 aliphatic rings. The molecule has 3 N–H and O–H groups in total. The number of anilines is 2. The van der Waals surface area contributed by atoms with Crippen molar-refractivity contribution in [2.24, 2.45) is 5.73 Å². The van der Waals surface area contributed by atoms with Crippen molar-refractivity contribution in [1.82, 2.24) is 0 Å². The van der Waals surface area contributed by atoms with E-state index in [4.69, 9.17) is 5.73 Å². The first-order valence-corrected chi connectivity index (χ1v) is 9.30. The number of thioether (sulfide) groups is 1. The summed E-state index contributed by atoms with van der Waals surface area (Å²) in [5.41, 5.74) is 9.24. The van der Waals surface area contributed by atoms with Crippen LogP contribution in [-0.4, -0.2) is 19.0 Å². The molecule has 1 aliphatic heterocycles. The second kappa shape index (κ2) is 8.25.